The first-order valence-corrected chi connectivity index (χ1v) is 7.29. The Balaban J connectivity index is 1.84. The van der Waals surface area contributed by atoms with Crippen LogP contribution in [0.1, 0.15) is 37.4 Å². The minimum atomic E-state index is 0.354. The Morgan fingerprint density at radius 2 is 1.70 bits per heavy atom. The second-order valence-electron chi connectivity index (χ2n) is 5.01. The molecule has 106 valence electrons. The molecule has 0 aliphatic rings. The molecule has 2 aromatic rings. The fourth-order valence-electron chi connectivity index (χ4n) is 2.05. The summed E-state index contributed by atoms with van der Waals surface area (Å²) in [5, 5.41) is 3.54. The maximum atomic E-state index is 5.58. The van der Waals surface area contributed by atoms with Crippen molar-refractivity contribution in [3.05, 3.63) is 65.7 Å². The Bertz CT molecular complexity index is 493. The van der Waals surface area contributed by atoms with Crippen molar-refractivity contribution in [3.63, 3.8) is 0 Å². The monoisotopic (exact) mass is 269 g/mol. The zero-order valence-electron chi connectivity index (χ0n) is 12.3. The van der Waals surface area contributed by atoms with E-state index < -0.39 is 0 Å². The fourth-order valence-corrected chi connectivity index (χ4v) is 2.05. The van der Waals surface area contributed by atoms with Gasteiger partial charge in [-0.2, -0.15) is 0 Å². The zero-order chi connectivity index (χ0) is 14.2. The van der Waals surface area contributed by atoms with Crippen molar-refractivity contribution in [2.45, 2.75) is 32.9 Å². The molecule has 1 unspecified atom stereocenters. The number of rotatable bonds is 7. The Labute approximate surface area is 121 Å². The lowest BCUT2D eigenvalue weighted by Gasteiger charge is -2.14. The van der Waals surface area contributed by atoms with Crippen LogP contribution in [0.5, 0.6) is 5.75 Å². The molecule has 0 radical (unpaired) electrons. The predicted octanol–water partition coefficient (Wildman–Crippen LogP) is 4.33. The standard InChI is InChI=1S/C18H23NO/c1-3-13-20-18-11-9-16(10-12-18)14-19-15(2)17-7-5-4-6-8-17/h4-12,15,19H,3,13-14H2,1-2H3. The maximum absolute atomic E-state index is 5.58. The molecular formula is C18H23NO. The number of hydrogen-bond acceptors (Lipinski definition) is 2. The van der Waals surface area contributed by atoms with Crippen molar-refractivity contribution in [2.24, 2.45) is 0 Å². The van der Waals surface area contributed by atoms with E-state index in [1.54, 1.807) is 0 Å². The summed E-state index contributed by atoms with van der Waals surface area (Å²) in [5.41, 5.74) is 2.59. The first kappa shape index (κ1) is 14.6. The average molecular weight is 269 g/mol. The molecule has 0 aliphatic carbocycles. The molecule has 0 saturated carbocycles. The molecule has 2 heteroatoms. The zero-order valence-corrected chi connectivity index (χ0v) is 12.3. The summed E-state index contributed by atoms with van der Waals surface area (Å²) in [7, 11) is 0. The van der Waals surface area contributed by atoms with Crippen LogP contribution in [0.4, 0.5) is 0 Å². The third kappa shape index (κ3) is 4.39. The Morgan fingerprint density at radius 1 is 1.00 bits per heavy atom. The summed E-state index contributed by atoms with van der Waals surface area (Å²) in [6.45, 7) is 5.95. The number of nitrogens with one attached hydrogen (secondary N) is 1. The van der Waals surface area contributed by atoms with E-state index >= 15 is 0 Å². The van der Waals surface area contributed by atoms with E-state index in [4.69, 9.17) is 4.74 Å². The van der Waals surface area contributed by atoms with Gasteiger partial charge in [0.15, 0.2) is 0 Å². The largest absolute Gasteiger partial charge is 0.494 e. The van der Waals surface area contributed by atoms with Gasteiger partial charge in [0.2, 0.25) is 0 Å². The van der Waals surface area contributed by atoms with E-state index in [0.717, 1.165) is 25.3 Å². The summed E-state index contributed by atoms with van der Waals surface area (Å²) in [4.78, 5) is 0. The molecule has 0 aromatic heterocycles. The van der Waals surface area contributed by atoms with E-state index in [9.17, 15) is 0 Å². The molecule has 0 fully saturated rings. The summed E-state index contributed by atoms with van der Waals surface area (Å²) >= 11 is 0. The van der Waals surface area contributed by atoms with Gasteiger partial charge < -0.3 is 10.1 Å². The van der Waals surface area contributed by atoms with Crippen LogP contribution in [-0.4, -0.2) is 6.61 Å². The van der Waals surface area contributed by atoms with Crippen LogP contribution >= 0.6 is 0 Å². The fraction of sp³-hybridized carbons (Fsp3) is 0.333. The Hall–Kier alpha value is -1.80. The second-order valence-corrected chi connectivity index (χ2v) is 5.01. The summed E-state index contributed by atoms with van der Waals surface area (Å²) < 4.78 is 5.58. The first-order valence-electron chi connectivity index (χ1n) is 7.29. The molecule has 0 amide bonds. The molecule has 2 aromatic carbocycles. The predicted molar refractivity (Wildman–Crippen MR) is 83.9 cm³/mol. The van der Waals surface area contributed by atoms with Gasteiger partial charge in [-0.05, 0) is 36.6 Å². The third-order valence-electron chi connectivity index (χ3n) is 3.31. The lowest BCUT2D eigenvalue weighted by molar-refractivity contribution is 0.317. The molecule has 2 rings (SSSR count). The third-order valence-corrected chi connectivity index (χ3v) is 3.31. The summed E-state index contributed by atoms with van der Waals surface area (Å²) in [6.07, 6.45) is 1.04. The van der Waals surface area contributed by atoms with Crippen molar-refractivity contribution in [1.82, 2.24) is 5.32 Å². The summed E-state index contributed by atoms with van der Waals surface area (Å²) in [6, 6.07) is 19.2. The van der Waals surface area contributed by atoms with Gasteiger partial charge in [-0.15, -0.1) is 0 Å². The van der Waals surface area contributed by atoms with Gasteiger partial charge in [0, 0.05) is 12.6 Å². The molecule has 1 atom stereocenters. The molecule has 0 spiro atoms. The number of benzene rings is 2. The normalized spacial score (nSPS) is 12.1. The van der Waals surface area contributed by atoms with Gasteiger partial charge in [-0.3, -0.25) is 0 Å². The van der Waals surface area contributed by atoms with Gasteiger partial charge in [0.1, 0.15) is 5.75 Å². The summed E-state index contributed by atoms with van der Waals surface area (Å²) in [5.74, 6) is 0.951. The van der Waals surface area contributed by atoms with Crippen LogP contribution in [0.3, 0.4) is 0 Å². The van der Waals surface area contributed by atoms with Gasteiger partial charge in [-0.25, -0.2) is 0 Å². The molecule has 0 saturated heterocycles. The molecule has 2 nitrogen and oxygen atoms in total. The van der Waals surface area contributed by atoms with Crippen LogP contribution in [0.15, 0.2) is 54.6 Å². The van der Waals surface area contributed by atoms with E-state index in [2.05, 4.69) is 55.6 Å². The smallest absolute Gasteiger partial charge is 0.119 e. The Morgan fingerprint density at radius 3 is 2.35 bits per heavy atom. The van der Waals surface area contributed by atoms with E-state index in [-0.39, 0.29) is 0 Å². The highest BCUT2D eigenvalue weighted by Gasteiger charge is 2.03. The van der Waals surface area contributed by atoms with Crippen molar-refractivity contribution in [1.29, 1.82) is 0 Å². The highest BCUT2D eigenvalue weighted by Crippen LogP contribution is 2.15. The maximum Gasteiger partial charge on any atom is 0.119 e. The topological polar surface area (TPSA) is 21.3 Å². The lowest BCUT2D eigenvalue weighted by atomic mass is 10.1. The highest BCUT2D eigenvalue weighted by molar-refractivity contribution is 5.27. The molecule has 1 N–H and O–H groups in total. The number of hydrogen-bond donors (Lipinski definition) is 1. The second kappa shape index (κ2) is 7.71. The molecular weight excluding hydrogens is 246 g/mol. The molecule has 0 aliphatic heterocycles. The quantitative estimate of drug-likeness (QED) is 0.808. The molecule has 20 heavy (non-hydrogen) atoms. The molecule has 0 heterocycles. The minimum absolute atomic E-state index is 0.354. The van der Waals surface area contributed by atoms with Crippen molar-refractivity contribution >= 4 is 0 Å². The Kier molecular flexibility index (Phi) is 5.63. The molecule has 0 bridgehead atoms. The van der Waals surface area contributed by atoms with Crippen LogP contribution in [0, 0.1) is 0 Å². The van der Waals surface area contributed by atoms with Crippen LogP contribution in [0.25, 0.3) is 0 Å². The van der Waals surface area contributed by atoms with Crippen LogP contribution < -0.4 is 10.1 Å². The van der Waals surface area contributed by atoms with Gasteiger partial charge in [0.05, 0.1) is 6.61 Å². The SMILES string of the molecule is CCCOc1ccc(CNC(C)c2ccccc2)cc1. The first-order chi connectivity index (χ1) is 9.79. The van der Waals surface area contributed by atoms with E-state index in [1.165, 1.54) is 11.1 Å². The van der Waals surface area contributed by atoms with Gasteiger partial charge in [0.25, 0.3) is 0 Å². The van der Waals surface area contributed by atoms with Crippen molar-refractivity contribution in [3.8, 4) is 5.75 Å². The average Bonchev–Trinajstić information content (AvgIpc) is 2.52. The van der Waals surface area contributed by atoms with Crippen LogP contribution in [-0.2, 0) is 6.54 Å². The van der Waals surface area contributed by atoms with Crippen molar-refractivity contribution < 1.29 is 4.74 Å². The van der Waals surface area contributed by atoms with Crippen molar-refractivity contribution in [2.75, 3.05) is 6.61 Å². The lowest BCUT2D eigenvalue weighted by Crippen LogP contribution is -2.17. The highest BCUT2D eigenvalue weighted by atomic mass is 16.5. The van der Waals surface area contributed by atoms with Gasteiger partial charge >= 0.3 is 0 Å². The van der Waals surface area contributed by atoms with E-state index in [0.29, 0.717) is 6.04 Å². The van der Waals surface area contributed by atoms with Gasteiger partial charge in [-0.1, -0.05) is 49.4 Å². The number of ether oxygens (including phenoxy) is 1. The van der Waals surface area contributed by atoms with E-state index in [1.807, 2.05) is 18.2 Å². The minimum Gasteiger partial charge on any atom is -0.494 e. The van der Waals surface area contributed by atoms with Crippen LogP contribution in [0.2, 0.25) is 0 Å².